The summed E-state index contributed by atoms with van der Waals surface area (Å²) in [4.78, 5) is 22.5. The number of esters is 1. The SMILES string of the molecule is CCOC(=O)C(O)C(O)c1ccc(CC(=O)NC)cc1. The summed E-state index contributed by atoms with van der Waals surface area (Å²) in [5.41, 5.74) is 1.15. The van der Waals surface area contributed by atoms with Crippen molar-refractivity contribution < 1.29 is 24.5 Å². The van der Waals surface area contributed by atoms with Gasteiger partial charge in [0.05, 0.1) is 13.0 Å². The van der Waals surface area contributed by atoms with Gasteiger partial charge >= 0.3 is 5.97 Å². The highest BCUT2D eigenvalue weighted by Gasteiger charge is 2.26. The summed E-state index contributed by atoms with van der Waals surface area (Å²) in [5, 5.41) is 22.0. The smallest absolute Gasteiger partial charge is 0.338 e. The van der Waals surface area contributed by atoms with Crippen LogP contribution in [0.5, 0.6) is 0 Å². The molecular formula is C14H19NO5. The average Bonchev–Trinajstić information content (AvgIpc) is 2.46. The number of nitrogens with one attached hydrogen (secondary N) is 1. The molecule has 0 heterocycles. The highest BCUT2D eigenvalue weighted by atomic mass is 16.5. The molecule has 0 saturated heterocycles. The first-order valence-electron chi connectivity index (χ1n) is 6.31. The predicted molar refractivity (Wildman–Crippen MR) is 71.8 cm³/mol. The summed E-state index contributed by atoms with van der Waals surface area (Å²) in [7, 11) is 1.55. The third-order valence-corrected chi connectivity index (χ3v) is 2.79. The van der Waals surface area contributed by atoms with Crippen molar-refractivity contribution in [1.82, 2.24) is 5.32 Å². The van der Waals surface area contributed by atoms with Crippen molar-refractivity contribution in [1.29, 1.82) is 0 Å². The van der Waals surface area contributed by atoms with Crippen LogP contribution in [0.1, 0.15) is 24.2 Å². The van der Waals surface area contributed by atoms with Crippen molar-refractivity contribution in [3.05, 3.63) is 35.4 Å². The summed E-state index contributed by atoms with van der Waals surface area (Å²) in [6.45, 7) is 1.75. The Hall–Kier alpha value is -1.92. The van der Waals surface area contributed by atoms with Gasteiger partial charge in [-0.25, -0.2) is 4.79 Å². The lowest BCUT2D eigenvalue weighted by molar-refractivity contribution is -0.159. The summed E-state index contributed by atoms with van der Waals surface area (Å²) < 4.78 is 4.64. The van der Waals surface area contributed by atoms with E-state index in [9.17, 15) is 19.8 Å². The van der Waals surface area contributed by atoms with E-state index in [1.54, 1.807) is 38.2 Å². The van der Waals surface area contributed by atoms with Crippen LogP contribution < -0.4 is 5.32 Å². The van der Waals surface area contributed by atoms with Gasteiger partial charge in [0, 0.05) is 7.05 Å². The number of likely N-dealkylation sites (N-methyl/N-ethyl adjacent to an activating group) is 1. The zero-order chi connectivity index (χ0) is 15.1. The van der Waals surface area contributed by atoms with Gasteiger partial charge in [0.2, 0.25) is 5.91 Å². The number of hydrogen-bond acceptors (Lipinski definition) is 5. The van der Waals surface area contributed by atoms with Crippen molar-refractivity contribution in [3.63, 3.8) is 0 Å². The fourth-order valence-electron chi connectivity index (χ4n) is 1.65. The molecule has 0 aliphatic carbocycles. The molecule has 1 rings (SSSR count). The number of carbonyl (C=O) groups excluding carboxylic acids is 2. The maximum Gasteiger partial charge on any atom is 0.338 e. The highest BCUT2D eigenvalue weighted by molar-refractivity contribution is 5.78. The largest absolute Gasteiger partial charge is 0.464 e. The third kappa shape index (κ3) is 4.32. The molecule has 0 radical (unpaired) electrons. The van der Waals surface area contributed by atoms with E-state index in [2.05, 4.69) is 10.1 Å². The highest BCUT2D eigenvalue weighted by Crippen LogP contribution is 2.18. The van der Waals surface area contributed by atoms with E-state index in [4.69, 9.17) is 0 Å². The second-order valence-corrected chi connectivity index (χ2v) is 4.23. The lowest BCUT2D eigenvalue weighted by Crippen LogP contribution is -2.29. The molecule has 0 aliphatic heterocycles. The predicted octanol–water partition coefficient (Wildman–Crippen LogP) is -0.0675. The number of rotatable bonds is 6. The van der Waals surface area contributed by atoms with Gasteiger partial charge in [-0.3, -0.25) is 4.79 Å². The van der Waals surface area contributed by atoms with E-state index in [0.29, 0.717) is 5.56 Å². The van der Waals surface area contributed by atoms with Crippen LogP contribution in [0.15, 0.2) is 24.3 Å². The molecule has 6 heteroatoms. The van der Waals surface area contributed by atoms with Crippen molar-refractivity contribution in [2.75, 3.05) is 13.7 Å². The van der Waals surface area contributed by atoms with E-state index in [0.717, 1.165) is 5.56 Å². The molecule has 2 unspecified atom stereocenters. The first kappa shape index (κ1) is 16.1. The van der Waals surface area contributed by atoms with Gasteiger partial charge in [-0.05, 0) is 18.1 Å². The molecule has 0 aromatic heterocycles. The average molecular weight is 281 g/mol. The number of benzene rings is 1. The van der Waals surface area contributed by atoms with E-state index >= 15 is 0 Å². The fourth-order valence-corrected chi connectivity index (χ4v) is 1.65. The summed E-state index contributed by atoms with van der Waals surface area (Å²) in [6, 6.07) is 6.44. The molecular weight excluding hydrogens is 262 g/mol. The fraction of sp³-hybridized carbons (Fsp3) is 0.429. The summed E-state index contributed by atoms with van der Waals surface area (Å²) in [6.07, 6.45) is -2.75. The molecule has 0 spiro atoms. The molecule has 0 saturated carbocycles. The second-order valence-electron chi connectivity index (χ2n) is 4.23. The van der Waals surface area contributed by atoms with Gasteiger partial charge in [0.1, 0.15) is 6.10 Å². The molecule has 1 aromatic rings. The maximum atomic E-state index is 11.3. The van der Waals surface area contributed by atoms with E-state index in [-0.39, 0.29) is 18.9 Å². The van der Waals surface area contributed by atoms with Crippen molar-refractivity contribution in [3.8, 4) is 0 Å². The van der Waals surface area contributed by atoms with Gasteiger partial charge in [-0.15, -0.1) is 0 Å². The van der Waals surface area contributed by atoms with Gasteiger partial charge in [0.25, 0.3) is 0 Å². The normalized spacial score (nSPS) is 13.4. The first-order chi connectivity index (χ1) is 9.49. The van der Waals surface area contributed by atoms with Crippen LogP contribution in [0, 0.1) is 0 Å². The van der Waals surface area contributed by atoms with Crippen LogP contribution in [0.2, 0.25) is 0 Å². The van der Waals surface area contributed by atoms with Gasteiger partial charge in [0.15, 0.2) is 6.10 Å². The van der Waals surface area contributed by atoms with E-state index in [1.807, 2.05) is 0 Å². The van der Waals surface area contributed by atoms with Crippen LogP contribution in [0.3, 0.4) is 0 Å². The minimum Gasteiger partial charge on any atom is -0.464 e. The molecule has 3 N–H and O–H groups in total. The van der Waals surface area contributed by atoms with Gasteiger partial charge in [-0.2, -0.15) is 0 Å². The Morgan fingerprint density at radius 2 is 1.85 bits per heavy atom. The van der Waals surface area contributed by atoms with Crippen LogP contribution in [-0.4, -0.2) is 41.8 Å². The Balaban J connectivity index is 2.72. The van der Waals surface area contributed by atoms with Crippen molar-refractivity contribution in [2.45, 2.75) is 25.6 Å². The van der Waals surface area contributed by atoms with Crippen molar-refractivity contribution in [2.24, 2.45) is 0 Å². The third-order valence-electron chi connectivity index (χ3n) is 2.79. The molecule has 0 fully saturated rings. The summed E-state index contributed by atoms with van der Waals surface area (Å²) >= 11 is 0. The molecule has 1 amide bonds. The Morgan fingerprint density at radius 1 is 1.25 bits per heavy atom. The zero-order valence-corrected chi connectivity index (χ0v) is 11.5. The Morgan fingerprint density at radius 3 is 2.35 bits per heavy atom. The molecule has 2 atom stereocenters. The van der Waals surface area contributed by atoms with Crippen LogP contribution in [0.25, 0.3) is 0 Å². The topological polar surface area (TPSA) is 95.9 Å². The second kappa shape index (κ2) is 7.62. The lowest BCUT2D eigenvalue weighted by atomic mass is 10.0. The van der Waals surface area contributed by atoms with Crippen molar-refractivity contribution >= 4 is 11.9 Å². The monoisotopic (exact) mass is 281 g/mol. The van der Waals surface area contributed by atoms with Gasteiger partial charge in [-0.1, -0.05) is 24.3 Å². The Kier molecular flexibility index (Phi) is 6.14. The van der Waals surface area contributed by atoms with Crippen LogP contribution >= 0.6 is 0 Å². The lowest BCUT2D eigenvalue weighted by Gasteiger charge is -2.17. The van der Waals surface area contributed by atoms with Gasteiger partial charge < -0.3 is 20.3 Å². The first-order valence-corrected chi connectivity index (χ1v) is 6.31. The minimum atomic E-state index is -1.63. The molecule has 0 aliphatic rings. The van der Waals surface area contributed by atoms with Crippen LogP contribution in [0.4, 0.5) is 0 Å². The van der Waals surface area contributed by atoms with Crippen LogP contribution in [-0.2, 0) is 20.7 Å². The van der Waals surface area contributed by atoms with E-state index < -0.39 is 18.2 Å². The summed E-state index contributed by atoms with van der Waals surface area (Å²) in [5.74, 6) is -0.987. The molecule has 20 heavy (non-hydrogen) atoms. The number of amides is 1. The molecule has 110 valence electrons. The Bertz CT molecular complexity index is 457. The molecule has 6 nitrogen and oxygen atoms in total. The number of aliphatic hydroxyl groups excluding tert-OH is 2. The number of aliphatic hydroxyl groups is 2. The standard InChI is InChI=1S/C14H19NO5/c1-3-20-14(19)13(18)12(17)10-6-4-9(5-7-10)8-11(16)15-2/h4-7,12-13,17-18H,3,8H2,1-2H3,(H,15,16). The number of hydrogen-bond donors (Lipinski definition) is 3. The number of carbonyl (C=O) groups is 2. The molecule has 0 bridgehead atoms. The number of ether oxygens (including phenoxy) is 1. The zero-order valence-electron chi connectivity index (χ0n) is 11.5. The van der Waals surface area contributed by atoms with E-state index in [1.165, 1.54) is 0 Å². The quantitative estimate of drug-likeness (QED) is 0.634. The Labute approximate surface area is 117 Å². The molecule has 1 aromatic carbocycles. The minimum absolute atomic E-state index is 0.121. The maximum absolute atomic E-state index is 11.3.